The maximum Gasteiger partial charge on any atom is 0.245 e. The van der Waals surface area contributed by atoms with Gasteiger partial charge in [-0.15, -0.1) is 0 Å². The SMILES string of the molecule is O=C(CN(CCN1CCCC1)C(=O)C1CCCC1)Nc1ccon1. The molecule has 1 aliphatic heterocycles. The molecule has 1 N–H and O–H groups in total. The van der Waals surface area contributed by atoms with Gasteiger partial charge >= 0.3 is 0 Å². The van der Waals surface area contributed by atoms with Crippen LogP contribution in [-0.2, 0) is 9.59 Å². The average molecular weight is 334 g/mol. The number of carbonyl (C=O) groups is 2. The number of aromatic nitrogens is 1. The lowest BCUT2D eigenvalue weighted by molar-refractivity contribution is -0.138. The first kappa shape index (κ1) is 17.0. The highest BCUT2D eigenvalue weighted by Gasteiger charge is 2.29. The standard InChI is InChI=1S/C17H26N4O3/c22-16(18-15-7-12-24-19-15)13-21(11-10-20-8-3-4-9-20)17(23)14-5-1-2-6-14/h7,12,14H,1-6,8-11,13H2,(H,18,19,22). The molecule has 7 nitrogen and oxygen atoms in total. The molecule has 1 aliphatic carbocycles. The number of hydrogen-bond donors (Lipinski definition) is 1. The van der Waals surface area contributed by atoms with E-state index in [9.17, 15) is 9.59 Å². The fourth-order valence-corrected chi connectivity index (χ4v) is 3.60. The maximum atomic E-state index is 12.8. The molecular weight excluding hydrogens is 308 g/mol. The van der Waals surface area contributed by atoms with Crippen LogP contribution in [0.15, 0.2) is 16.9 Å². The van der Waals surface area contributed by atoms with Gasteiger partial charge in [0.15, 0.2) is 5.82 Å². The zero-order valence-corrected chi connectivity index (χ0v) is 14.1. The van der Waals surface area contributed by atoms with Crippen molar-refractivity contribution in [1.29, 1.82) is 0 Å². The molecule has 24 heavy (non-hydrogen) atoms. The Morgan fingerprint density at radius 1 is 1.25 bits per heavy atom. The number of amides is 2. The second-order valence-corrected chi connectivity index (χ2v) is 6.72. The fourth-order valence-electron chi connectivity index (χ4n) is 3.60. The predicted octanol–water partition coefficient (Wildman–Crippen LogP) is 1.73. The second kappa shape index (κ2) is 8.28. The lowest BCUT2D eigenvalue weighted by atomic mass is 10.1. The van der Waals surface area contributed by atoms with Crippen LogP contribution in [0.1, 0.15) is 38.5 Å². The number of hydrogen-bond acceptors (Lipinski definition) is 5. The van der Waals surface area contributed by atoms with E-state index < -0.39 is 0 Å². The second-order valence-electron chi connectivity index (χ2n) is 6.72. The summed E-state index contributed by atoms with van der Waals surface area (Å²) in [6, 6.07) is 1.59. The van der Waals surface area contributed by atoms with Crippen LogP contribution in [0, 0.1) is 5.92 Å². The highest BCUT2D eigenvalue weighted by molar-refractivity contribution is 5.94. The van der Waals surface area contributed by atoms with Crippen LogP contribution in [0.5, 0.6) is 0 Å². The van der Waals surface area contributed by atoms with E-state index in [0.717, 1.165) is 45.3 Å². The first-order valence-corrected chi connectivity index (χ1v) is 8.94. The Morgan fingerprint density at radius 3 is 2.67 bits per heavy atom. The molecule has 1 saturated carbocycles. The molecule has 0 aromatic carbocycles. The molecule has 0 radical (unpaired) electrons. The van der Waals surface area contributed by atoms with Gasteiger partial charge in [0.2, 0.25) is 11.8 Å². The highest BCUT2D eigenvalue weighted by Crippen LogP contribution is 2.26. The summed E-state index contributed by atoms with van der Waals surface area (Å²) in [6.45, 7) is 3.72. The summed E-state index contributed by atoms with van der Waals surface area (Å²) in [6.07, 6.45) is 7.98. The van der Waals surface area contributed by atoms with Gasteiger partial charge in [-0.05, 0) is 38.8 Å². The average Bonchev–Trinajstić information content (AvgIpc) is 3.33. The largest absolute Gasteiger partial charge is 0.363 e. The van der Waals surface area contributed by atoms with Crippen molar-refractivity contribution in [2.75, 3.05) is 38.0 Å². The third-order valence-corrected chi connectivity index (χ3v) is 4.94. The Balaban J connectivity index is 1.56. The Labute approximate surface area is 142 Å². The van der Waals surface area contributed by atoms with Gasteiger partial charge in [-0.3, -0.25) is 9.59 Å². The predicted molar refractivity (Wildman–Crippen MR) is 89.3 cm³/mol. The molecule has 0 spiro atoms. The van der Waals surface area contributed by atoms with Gasteiger partial charge < -0.3 is 19.6 Å². The molecule has 0 unspecified atom stereocenters. The van der Waals surface area contributed by atoms with E-state index in [1.165, 1.54) is 19.1 Å². The van der Waals surface area contributed by atoms with Gasteiger partial charge in [-0.2, -0.15) is 0 Å². The first-order valence-electron chi connectivity index (χ1n) is 8.94. The van der Waals surface area contributed by atoms with E-state index in [0.29, 0.717) is 12.4 Å². The Bertz CT molecular complexity index is 534. The van der Waals surface area contributed by atoms with Crippen LogP contribution in [0.25, 0.3) is 0 Å². The molecule has 1 aromatic heterocycles. The van der Waals surface area contributed by atoms with Crippen molar-refractivity contribution in [3.63, 3.8) is 0 Å². The van der Waals surface area contributed by atoms with Crippen molar-refractivity contribution in [2.24, 2.45) is 5.92 Å². The summed E-state index contributed by atoms with van der Waals surface area (Å²) in [5.41, 5.74) is 0. The smallest absolute Gasteiger partial charge is 0.245 e. The lowest BCUT2D eigenvalue weighted by Gasteiger charge is -2.27. The van der Waals surface area contributed by atoms with Gasteiger partial charge in [0, 0.05) is 25.1 Å². The van der Waals surface area contributed by atoms with Gasteiger partial charge in [0.05, 0.1) is 6.54 Å². The van der Waals surface area contributed by atoms with E-state index >= 15 is 0 Å². The summed E-state index contributed by atoms with van der Waals surface area (Å²) in [4.78, 5) is 29.1. The number of rotatable bonds is 7. The van der Waals surface area contributed by atoms with Crippen molar-refractivity contribution < 1.29 is 14.1 Å². The minimum atomic E-state index is -0.225. The van der Waals surface area contributed by atoms with Crippen molar-refractivity contribution in [2.45, 2.75) is 38.5 Å². The monoisotopic (exact) mass is 334 g/mol. The van der Waals surface area contributed by atoms with Crippen LogP contribution in [0.4, 0.5) is 5.82 Å². The summed E-state index contributed by atoms with van der Waals surface area (Å²) < 4.78 is 4.71. The molecule has 132 valence electrons. The molecule has 2 fully saturated rings. The Kier molecular flexibility index (Phi) is 5.85. The lowest BCUT2D eigenvalue weighted by Crippen LogP contribution is -2.44. The molecular formula is C17H26N4O3. The topological polar surface area (TPSA) is 78.7 Å². The van der Waals surface area contributed by atoms with E-state index in [1.807, 2.05) is 0 Å². The Hall–Kier alpha value is -1.89. The number of likely N-dealkylation sites (tertiary alicyclic amines) is 1. The molecule has 0 bridgehead atoms. The summed E-state index contributed by atoms with van der Waals surface area (Å²) in [5, 5.41) is 6.35. The summed E-state index contributed by atoms with van der Waals surface area (Å²) in [7, 11) is 0. The zero-order valence-electron chi connectivity index (χ0n) is 14.1. The number of carbonyl (C=O) groups excluding carboxylic acids is 2. The molecule has 3 rings (SSSR count). The molecule has 0 atom stereocenters. The third-order valence-electron chi connectivity index (χ3n) is 4.94. The van der Waals surface area contributed by atoms with Crippen LogP contribution < -0.4 is 5.32 Å². The van der Waals surface area contributed by atoms with Crippen LogP contribution in [-0.4, -0.2) is 59.5 Å². The number of anilines is 1. The van der Waals surface area contributed by atoms with Crippen LogP contribution >= 0.6 is 0 Å². The molecule has 7 heteroatoms. The molecule has 2 amide bonds. The first-order chi connectivity index (χ1) is 11.7. The summed E-state index contributed by atoms with van der Waals surface area (Å²) >= 11 is 0. The van der Waals surface area contributed by atoms with E-state index in [4.69, 9.17) is 4.52 Å². The molecule has 1 aromatic rings. The quantitative estimate of drug-likeness (QED) is 0.821. The summed E-state index contributed by atoms with van der Waals surface area (Å²) in [5.74, 6) is 0.370. The van der Waals surface area contributed by atoms with E-state index in [2.05, 4.69) is 15.4 Å². The fraction of sp³-hybridized carbons (Fsp3) is 0.706. The van der Waals surface area contributed by atoms with Gasteiger partial charge in [-0.25, -0.2) is 0 Å². The maximum absolute atomic E-state index is 12.8. The van der Waals surface area contributed by atoms with Crippen molar-refractivity contribution in [3.05, 3.63) is 12.3 Å². The van der Waals surface area contributed by atoms with Crippen molar-refractivity contribution in [1.82, 2.24) is 15.0 Å². The molecule has 1 saturated heterocycles. The zero-order chi connectivity index (χ0) is 16.8. The van der Waals surface area contributed by atoms with Crippen LogP contribution in [0.3, 0.4) is 0 Å². The van der Waals surface area contributed by atoms with Gasteiger partial charge in [0.1, 0.15) is 6.26 Å². The normalized spacial score (nSPS) is 18.8. The minimum Gasteiger partial charge on any atom is -0.363 e. The van der Waals surface area contributed by atoms with Crippen LogP contribution in [0.2, 0.25) is 0 Å². The van der Waals surface area contributed by atoms with Crippen molar-refractivity contribution in [3.8, 4) is 0 Å². The number of nitrogens with zero attached hydrogens (tertiary/aromatic N) is 3. The van der Waals surface area contributed by atoms with E-state index in [1.54, 1.807) is 11.0 Å². The Morgan fingerprint density at radius 2 is 2.00 bits per heavy atom. The van der Waals surface area contributed by atoms with E-state index in [-0.39, 0.29) is 24.3 Å². The van der Waals surface area contributed by atoms with Gasteiger partial charge in [0.25, 0.3) is 0 Å². The third kappa shape index (κ3) is 4.56. The molecule has 2 heterocycles. The number of nitrogens with one attached hydrogen (secondary N) is 1. The van der Waals surface area contributed by atoms with Crippen molar-refractivity contribution >= 4 is 17.6 Å². The minimum absolute atomic E-state index is 0.0794. The highest BCUT2D eigenvalue weighted by atomic mass is 16.5. The molecule has 2 aliphatic rings. The van der Waals surface area contributed by atoms with Gasteiger partial charge in [-0.1, -0.05) is 18.0 Å².